The van der Waals surface area contributed by atoms with E-state index in [4.69, 9.17) is 9.26 Å². The van der Waals surface area contributed by atoms with E-state index in [1.807, 2.05) is 24.3 Å². The third-order valence-electron chi connectivity index (χ3n) is 4.11. The van der Waals surface area contributed by atoms with Crippen molar-refractivity contribution in [1.29, 1.82) is 0 Å². The van der Waals surface area contributed by atoms with Gasteiger partial charge in [0.05, 0.1) is 12.8 Å². The molecule has 0 saturated carbocycles. The van der Waals surface area contributed by atoms with E-state index in [9.17, 15) is 9.18 Å². The van der Waals surface area contributed by atoms with Crippen LogP contribution in [0.2, 0.25) is 0 Å². The van der Waals surface area contributed by atoms with Crippen molar-refractivity contribution in [3.05, 3.63) is 82.7 Å². The highest BCUT2D eigenvalue weighted by molar-refractivity contribution is 5.59. The highest BCUT2D eigenvalue weighted by Crippen LogP contribution is 2.20. The van der Waals surface area contributed by atoms with E-state index >= 15 is 0 Å². The molecule has 0 radical (unpaired) electrons. The Morgan fingerprint density at radius 1 is 1.00 bits per heavy atom. The molecule has 0 N–H and O–H groups in total. The van der Waals surface area contributed by atoms with E-state index in [1.54, 1.807) is 25.3 Å². The highest BCUT2D eigenvalue weighted by Gasteiger charge is 2.12. The number of nitrogens with zero attached hydrogens (tertiary/aromatic N) is 4. The van der Waals surface area contributed by atoms with Crippen LogP contribution in [0, 0.1) is 5.82 Å². The number of hydrogen-bond acceptors (Lipinski definition) is 6. The summed E-state index contributed by atoms with van der Waals surface area (Å²) in [6.45, 7) is 0.0248. The fourth-order valence-electron chi connectivity index (χ4n) is 2.64. The Labute approximate surface area is 159 Å². The topological polar surface area (TPSA) is 83.0 Å². The van der Waals surface area contributed by atoms with Gasteiger partial charge in [-0.2, -0.15) is 10.1 Å². The lowest BCUT2D eigenvalue weighted by Gasteiger charge is -2.06. The largest absolute Gasteiger partial charge is 0.497 e. The Hall–Kier alpha value is -3.81. The Morgan fingerprint density at radius 2 is 1.71 bits per heavy atom. The van der Waals surface area contributed by atoms with Crippen LogP contribution < -0.4 is 10.3 Å². The molecular weight excluding hydrogens is 363 g/mol. The van der Waals surface area contributed by atoms with E-state index in [0.717, 1.165) is 11.3 Å². The summed E-state index contributed by atoms with van der Waals surface area (Å²) in [7, 11) is 1.60. The first-order valence-corrected chi connectivity index (χ1v) is 8.43. The highest BCUT2D eigenvalue weighted by atomic mass is 19.1. The van der Waals surface area contributed by atoms with Crippen molar-refractivity contribution >= 4 is 0 Å². The molecule has 0 aliphatic rings. The summed E-state index contributed by atoms with van der Waals surface area (Å²) in [6.07, 6.45) is 0. The molecule has 0 saturated heterocycles. The van der Waals surface area contributed by atoms with Crippen molar-refractivity contribution in [2.75, 3.05) is 7.11 Å². The SMILES string of the molecule is COc1ccc(-c2ccc(=O)n(Cc3nc(-c4ccc(F)cc4)no3)n2)cc1. The smallest absolute Gasteiger partial charge is 0.267 e. The van der Waals surface area contributed by atoms with Crippen molar-refractivity contribution in [2.45, 2.75) is 6.54 Å². The molecule has 0 atom stereocenters. The molecule has 0 aliphatic heterocycles. The minimum absolute atomic E-state index is 0.0248. The van der Waals surface area contributed by atoms with Gasteiger partial charge in [-0.3, -0.25) is 4.79 Å². The van der Waals surface area contributed by atoms with Crippen molar-refractivity contribution in [1.82, 2.24) is 19.9 Å². The van der Waals surface area contributed by atoms with Crippen LogP contribution in [0.5, 0.6) is 5.75 Å². The molecular formula is C20H15FN4O3. The molecule has 2 heterocycles. The predicted octanol–water partition coefficient (Wildman–Crippen LogP) is 3.16. The summed E-state index contributed by atoms with van der Waals surface area (Å²) in [6, 6.07) is 16.2. The quantitative estimate of drug-likeness (QED) is 0.531. The van der Waals surface area contributed by atoms with Crippen LogP contribution in [0.25, 0.3) is 22.6 Å². The molecule has 140 valence electrons. The minimum Gasteiger partial charge on any atom is -0.497 e. The van der Waals surface area contributed by atoms with Crippen LogP contribution in [0.3, 0.4) is 0 Å². The molecule has 4 aromatic rings. The van der Waals surface area contributed by atoms with E-state index in [-0.39, 0.29) is 23.8 Å². The van der Waals surface area contributed by atoms with Crippen LogP contribution >= 0.6 is 0 Å². The number of hydrogen-bond donors (Lipinski definition) is 0. The van der Waals surface area contributed by atoms with Gasteiger partial charge in [-0.15, -0.1) is 0 Å². The van der Waals surface area contributed by atoms with Gasteiger partial charge < -0.3 is 9.26 Å². The predicted molar refractivity (Wildman–Crippen MR) is 99.3 cm³/mol. The van der Waals surface area contributed by atoms with Gasteiger partial charge in [0, 0.05) is 17.2 Å². The third kappa shape index (κ3) is 3.66. The van der Waals surface area contributed by atoms with Crippen molar-refractivity contribution < 1.29 is 13.7 Å². The molecule has 0 bridgehead atoms. The number of methoxy groups -OCH3 is 1. The second-order valence-corrected chi connectivity index (χ2v) is 5.96. The van der Waals surface area contributed by atoms with Gasteiger partial charge in [-0.1, -0.05) is 5.16 Å². The van der Waals surface area contributed by atoms with Crippen LogP contribution in [0.15, 0.2) is 70.0 Å². The molecule has 8 heteroatoms. The maximum Gasteiger partial charge on any atom is 0.267 e. The fourth-order valence-corrected chi connectivity index (χ4v) is 2.64. The Kier molecular flexibility index (Phi) is 4.67. The first-order chi connectivity index (χ1) is 13.6. The summed E-state index contributed by atoms with van der Waals surface area (Å²) in [4.78, 5) is 16.4. The maximum atomic E-state index is 13.0. The molecule has 4 rings (SSSR count). The Morgan fingerprint density at radius 3 is 2.43 bits per heavy atom. The Bertz CT molecular complexity index is 1150. The van der Waals surface area contributed by atoms with Crippen molar-refractivity contribution in [3.63, 3.8) is 0 Å². The molecule has 28 heavy (non-hydrogen) atoms. The zero-order valence-corrected chi connectivity index (χ0v) is 14.9. The lowest BCUT2D eigenvalue weighted by Crippen LogP contribution is -2.23. The van der Waals surface area contributed by atoms with Crippen molar-refractivity contribution in [2.24, 2.45) is 0 Å². The zero-order chi connectivity index (χ0) is 19.5. The number of benzene rings is 2. The average molecular weight is 378 g/mol. The summed E-state index contributed by atoms with van der Waals surface area (Å²) in [5, 5.41) is 8.25. The summed E-state index contributed by atoms with van der Waals surface area (Å²) in [5.41, 5.74) is 1.79. The summed E-state index contributed by atoms with van der Waals surface area (Å²) < 4.78 is 24.7. The summed E-state index contributed by atoms with van der Waals surface area (Å²) in [5.74, 6) is 0.921. The Balaban J connectivity index is 1.59. The lowest BCUT2D eigenvalue weighted by atomic mass is 10.1. The number of aromatic nitrogens is 4. The van der Waals surface area contributed by atoms with E-state index in [0.29, 0.717) is 17.1 Å². The molecule has 0 fully saturated rings. The standard InChI is InChI=1S/C20H15FN4O3/c1-27-16-8-4-13(5-9-16)17-10-11-19(26)25(23-17)12-18-22-20(24-28-18)14-2-6-15(21)7-3-14/h2-11H,12H2,1H3. The summed E-state index contributed by atoms with van der Waals surface area (Å²) >= 11 is 0. The van der Waals surface area contributed by atoms with Crippen molar-refractivity contribution in [3.8, 4) is 28.4 Å². The van der Waals surface area contributed by atoms with Gasteiger partial charge in [0.2, 0.25) is 11.7 Å². The lowest BCUT2D eigenvalue weighted by molar-refractivity contribution is 0.363. The van der Waals surface area contributed by atoms with Crippen LogP contribution in [0.4, 0.5) is 4.39 Å². The first kappa shape index (κ1) is 17.6. The van der Waals surface area contributed by atoms with Crippen LogP contribution in [-0.2, 0) is 6.54 Å². The van der Waals surface area contributed by atoms with Gasteiger partial charge in [0.15, 0.2) is 0 Å². The normalized spacial score (nSPS) is 10.8. The molecule has 2 aromatic heterocycles. The van der Waals surface area contributed by atoms with E-state index < -0.39 is 0 Å². The number of rotatable bonds is 5. The third-order valence-corrected chi connectivity index (χ3v) is 4.11. The molecule has 0 aliphatic carbocycles. The molecule has 0 amide bonds. The van der Waals surface area contributed by atoms with E-state index in [2.05, 4.69) is 15.2 Å². The molecule has 0 spiro atoms. The first-order valence-electron chi connectivity index (χ1n) is 8.43. The van der Waals surface area contributed by atoms with Gasteiger partial charge >= 0.3 is 0 Å². The second-order valence-electron chi connectivity index (χ2n) is 5.96. The fraction of sp³-hybridized carbons (Fsp3) is 0.100. The molecule has 2 aromatic carbocycles. The van der Waals surface area contributed by atoms with Crippen LogP contribution in [-0.4, -0.2) is 27.0 Å². The monoisotopic (exact) mass is 378 g/mol. The molecule has 7 nitrogen and oxygen atoms in total. The van der Waals surface area contributed by atoms with Crippen LogP contribution in [0.1, 0.15) is 5.89 Å². The number of halogens is 1. The van der Waals surface area contributed by atoms with Gasteiger partial charge in [0.25, 0.3) is 5.56 Å². The zero-order valence-electron chi connectivity index (χ0n) is 14.9. The van der Waals surface area contributed by atoms with Gasteiger partial charge in [0.1, 0.15) is 18.1 Å². The maximum absolute atomic E-state index is 13.0. The second kappa shape index (κ2) is 7.43. The van der Waals surface area contributed by atoms with Gasteiger partial charge in [-0.05, 0) is 54.6 Å². The van der Waals surface area contributed by atoms with Gasteiger partial charge in [-0.25, -0.2) is 9.07 Å². The molecule has 0 unspecified atom stereocenters. The minimum atomic E-state index is -0.349. The average Bonchev–Trinajstić information content (AvgIpc) is 3.19. The number of ether oxygens (including phenoxy) is 1. The van der Waals surface area contributed by atoms with E-state index in [1.165, 1.54) is 22.9 Å².